The summed E-state index contributed by atoms with van der Waals surface area (Å²) in [5.41, 5.74) is 6.89. The van der Waals surface area contributed by atoms with Crippen LogP contribution in [0.3, 0.4) is 0 Å². The highest BCUT2D eigenvalue weighted by atomic mass is 32.2. The molecule has 8 heteroatoms. The maximum Gasteiger partial charge on any atom is 0.280 e. The van der Waals surface area contributed by atoms with Crippen molar-refractivity contribution in [1.82, 2.24) is 5.32 Å². The van der Waals surface area contributed by atoms with Gasteiger partial charge < -0.3 is 11.1 Å². The molecule has 112 valence electrons. The average Bonchev–Trinajstić information content (AvgIpc) is 2.34. The number of carbonyl (C=O) groups excluding carboxylic acids is 1. The minimum absolute atomic E-state index is 0.166. The first kappa shape index (κ1) is 17.0. The molecule has 0 aliphatic rings. The van der Waals surface area contributed by atoms with E-state index in [1.807, 2.05) is 30.3 Å². The molecule has 0 heterocycles. The molecule has 1 atom stereocenters. The van der Waals surface area contributed by atoms with Gasteiger partial charge in [0.05, 0.1) is 11.1 Å². The number of amides is 1. The van der Waals surface area contributed by atoms with E-state index in [0.29, 0.717) is 6.42 Å². The maximum atomic E-state index is 11.5. The van der Waals surface area contributed by atoms with Gasteiger partial charge in [-0.2, -0.15) is 8.42 Å². The topological polar surface area (TPSA) is 109 Å². The molecule has 0 spiro atoms. The minimum Gasteiger partial charge on any atom is -0.347 e. The van der Waals surface area contributed by atoms with Crippen molar-refractivity contribution in [3.8, 4) is 0 Å². The standard InChI is InChI=1S/C12H18N2O4S2/c13-11(9-10-5-2-1-3-6-10)19-12(15)14-7-4-8-20(16,17)18/h1-3,5-6,11H,4,7-9,13H2,(H,14,15)(H,16,17,18)/t11-/m1/s1. The molecule has 0 aliphatic heterocycles. The third-order valence-electron chi connectivity index (χ3n) is 2.39. The van der Waals surface area contributed by atoms with E-state index >= 15 is 0 Å². The van der Waals surface area contributed by atoms with Crippen molar-refractivity contribution in [2.24, 2.45) is 5.73 Å². The number of nitrogens with two attached hydrogens (primary N) is 1. The Bertz CT molecular complexity index is 520. The first-order valence-electron chi connectivity index (χ1n) is 6.06. The predicted molar refractivity (Wildman–Crippen MR) is 80.1 cm³/mol. The number of thioether (sulfide) groups is 1. The normalized spacial score (nSPS) is 12.9. The number of hydrogen-bond donors (Lipinski definition) is 3. The van der Waals surface area contributed by atoms with Crippen molar-refractivity contribution in [2.45, 2.75) is 18.2 Å². The van der Waals surface area contributed by atoms with E-state index in [1.165, 1.54) is 0 Å². The largest absolute Gasteiger partial charge is 0.347 e. The molecule has 0 radical (unpaired) electrons. The van der Waals surface area contributed by atoms with Gasteiger partial charge in [0.15, 0.2) is 0 Å². The van der Waals surface area contributed by atoms with Crippen LogP contribution in [0.2, 0.25) is 0 Å². The Morgan fingerprint density at radius 1 is 1.35 bits per heavy atom. The molecule has 1 aromatic rings. The second kappa shape index (κ2) is 8.25. The summed E-state index contributed by atoms with van der Waals surface area (Å²) in [5.74, 6) is -0.367. The lowest BCUT2D eigenvalue weighted by atomic mass is 10.2. The van der Waals surface area contributed by atoms with Crippen LogP contribution in [-0.2, 0) is 16.5 Å². The smallest absolute Gasteiger partial charge is 0.280 e. The molecular weight excluding hydrogens is 300 g/mol. The van der Waals surface area contributed by atoms with Gasteiger partial charge in [0.1, 0.15) is 0 Å². The molecule has 0 saturated carbocycles. The zero-order valence-corrected chi connectivity index (χ0v) is 12.5. The highest BCUT2D eigenvalue weighted by molar-refractivity contribution is 8.14. The van der Waals surface area contributed by atoms with E-state index in [1.54, 1.807) is 0 Å². The van der Waals surface area contributed by atoms with Crippen molar-refractivity contribution < 1.29 is 17.8 Å². The zero-order valence-electron chi connectivity index (χ0n) is 10.9. The third-order valence-corrected chi connectivity index (χ3v) is 4.02. The predicted octanol–water partition coefficient (Wildman–Crippen LogP) is 1.23. The van der Waals surface area contributed by atoms with Gasteiger partial charge in [-0.3, -0.25) is 9.35 Å². The highest BCUT2D eigenvalue weighted by Crippen LogP contribution is 2.12. The summed E-state index contributed by atoms with van der Waals surface area (Å²) in [6.07, 6.45) is 0.739. The summed E-state index contributed by atoms with van der Waals surface area (Å²) >= 11 is 0.968. The molecule has 4 N–H and O–H groups in total. The molecular formula is C12H18N2O4S2. The van der Waals surface area contributed by atoms with Gasteiger partial charge in [0.2, 0.25) is 0 Å². The highest BCUT2D eigenvalue weighted by Gasteiger charge is 2.11. The van der Waals surface area contributed by atoms with Crippen molar-refractivity contribution in [1.29, 1.82) is 0 Å². The Morgan fingerprint density at radius 2 is 2.00 bits per heavy atom. The molecule has 1 amide bonds. The number of carbonyl (C=O) groups is 1. The van der Waals surface area contributed by atoms with E-state index in [2.05, 4.69) is 5.32 Å². The Hall–Kier alpha value is -1.09. The Balaban J connectivity index is 2.21. The van der Waals surface area contributed by atoms with Gasteiger partial charge in [-0.1, -0.05) is 30.3 Å². The lowest BCUT2D eigenvalue weighted by Gasteiger charge is -2.11. The van der Waals surface area contributed by atoms with Gasteiger partial charge >= 0.3 is 0 Å². The molecule has 1 rings (SSSR count). The number of hydrogen-bond acceptors (Lipinski definition) is 5. The van der Waals surface area contributed by atoms with E-state index in [9.17, 15) is 13.2 Å². The van der Waals surface area contributed by atoms with Gasteiger partial charge in [0.25, 0.3) is 15.4 Å². The lowest BCUT2D eigenvalue weighted by Crippen LogP contribution is -2.28. The van der Waals surface area contributed by atoms with E-state index < -0.39 is 10.1 Å². The summed E-state index contributed by atoms with van der Waals surface area (Å²) < 4.78 is 29.5. The monoisotopic (exact) mass is 318 g/mol. The molecule has 0 bridgehead atoms. The van der Waals surface area contributed by atoms with Crippen molar-refractivity contribution in [2.75, 3.05) is 12.3 Å². The van der Waals surface area contributed by atoms with Gasteiger partial charge in [-0.05, 0) is 30.2 Å². The van der Waals surface area contributed by atoms with E-state index in [0.717, 1.165) is 17.3 Å². The van der Waals surface area contributed by atoms with Crippen LogP contribution in [0, 0.1) is 0 Å². The molecule has 0 fully saturated rings. The van der Waals surface area contributed by atoms with Crippen LogP contribution in [0.4, 0.5) is 4.79 Å². The Labute approximate surface area is 122 Å². The fourth-order valence-electron chi connectivity index (χ4n) is 1.51. The lowest BCUT2D eigenvalue weighted by molar-refractivity contribution is 0.260. The average molecular weight is 318 g/mol. The molecule has 1 aromatic carbocycles. The minimum atomic E-state index is -3.97. The molecule has 6 nitrogen and oxygen atoms in total. The SMILES string of the molecule is N[C@@H](Cc1ccccc1)SC(=O)NCCCS(=O)(=O)O. The van der Waals surface area contributed by atoms with Gasteiger partial charge in [-0.15, -0.1) is 0 Å². The number of nitrogens with one attached hydrogen (secondary N) is 1. The van der Waals surface area contributed by atoms with Crippen molar-refractivity contribution in [3.05, 3.63) is 35.9 Å². The third kappa shape index (κ3) is 8.16. The van der Waals surface area contributed by atoms with E-state index in [4.69, 9.17) is 10.3 Å². The second-order valence-corrected chi connectivity index (χ2v) is 6.98. The summed E-state index contributed by atoms with van der Waals surface area (Å²) in [7, 11) is -3.97. The first-order chi connectivity index (χ1) is 9.37. The molecule has 0 unspecified atom stereocenters. The quantitative estimate of drug-likeness (QED) is 0.396. The fourth-order valence-corrected chi connectivity index (χ4v) is 2.76. The fraction of sp³-hybridized carbons (Fsp3) is 0.417. The summed E-state index contributed by atoms with van der Waals surface area (Å²) in [6, 6.07) is 9.59. The van der Waals surface area contributed by atoms with Gasteiger partial charge in [0, 0.05) is 6.54 Å². The second-order valence-electron chi connectivity index (χ2n) is 4.20. The van der Waals surface area contributed by atoms with Crippen LogP contribution in [0.25, 0.3) is 0 Å². The van der Waals surface area contributed by atoms with E-state index in [-0.39, 0.29) is 29.3 Å². The summed E-state index contributed by atoms with van der Waals surface area (Å²) in [5, 5.41) is 1.88. The van der Waals surface area contributed by atoms with Crippen LogP contribution in [0.5, 0.6) is 0 Å². The van der Waals surface area contributed by atoms with Crippen LogP contribution in [0.15, 0.2) is 30.3 Å². The first-order valence-corrected chi connectivity index (χ1v) is 8.55. The van der Waals surface area contributed by atoms with Crippen LogP contribution in [-0.4, -0.2) is 35.9 Å². The number of benzene rings is 1. The molecule has 20 heavy (non-hydrogen) atoms. The maximum absolute atomic E-state index is 11.5. The van der Waals surface area contributed by atoms with Crippen LogP contribution in [0.1, 0.15) is 12.0 Å². The summed E-state index contributed by atoms with van der Waals surface area (Å²) in [4.78, 5) is 11.5. The molecule has 0 saturated heterocycles. The number of rotatable bonds is 7. The van der Waals surface area contributed by atoms with Crippen molar-refractivity contribution >= 4 is 27.1 Å². The van der Waals surface area contributed by atoms with Crippen molar-refractivity contribution in [3.63, 3.8) is 0 Å². The zero-order chi connectivity index (χ0) is 15.0. The van der Waals surface area contributed by atoms with Crippen LogP contribution >= 0.6 is 11.8 Å². The van der Waals surface area contributed by atoms with Crippen LogP contribution < -0.4 is 11.1 Å². The molecule has 0 aromatic heterocycles. The Kier molecular flexibility index (Phi) is 7.00. The molecule has 0 aliphatic carbocycles. The summed E-state index contributed by atoms with van der Waals surface area (Å²) in [6.45, 7) is 0.184. The Morgan fingerprint density at radius 3 is 2.60 bits per heavy atom. The van der Waals surface area contributed by atoms with Gasteiger partial charge in [-0.25, -0.2) is 0 Å².